The molecular weight excluding hydrogens is 322 g/mol. The zero-order chi connectivity index (χ0) is 16.2. The smallest absolute Gasteiger partial charge is 0.191 e. The summed E-state index contributed by atoms with van der Waals surface area (Å²) >= 11 is 3.55. The van der Waals surface area contributed by atoms with Gasteiger partial charge in [0.25, 0.3) is 0 Å². The Hall–Kier alpha value is -1.59. The fourth-order valence-corrected chi connectivity index (χ4v) is 4.29. The molecule has 0 saturated carbocycles. The predicted octanol–water partition coefficient (Wildman–Crippen LogP) is 5.19. The van der Waals surface area contributed by atoms with Gasteiger partial charge in [-0.2, -0.15) is 0 Å². The lowest BCUT2D eigenvalue weighted by atomic mass is 10.2. The number of aromatic nitrogens is 3. The van der Waals surface area contributed by atoms with Crippen LogP contribution in [-0.4, -0.2) is 14.8 Å². The maximum Gasteiger partial charge on any atom is 0.191 e. The molecule has 0 aliphatic heterocycles. The van der Waals surface area contributed by atoms with Crippen molar-refractivity contribution in [2.75, 3.05) is 0 Å². The second kappa shape index (κ2) is 7.32. The van der Waals surface area contributed by atoms with Gasteiger partial charge in [-0.05, 0) is 31.9 Å². The molecule has 2 heterocycles. The fourth-order valence-electron chi connectivity index (χ4n) is 2.53. The average molecular weight is 344 g/mol. The predicted molar refractivity (Wildman–Crippen MR) is 99.1 cm³/mol. The van der Waals surface area contributed by atoms with E-state index < -0.39 is 0 Å². The van der Waals surface area contributed by atoms with Crippen molar-refractivity contribution >= 4 is 23.1 Å². The van der Waals surface area contributed by atoms with Crippen LogP contribution >= 0.6 is 23.1 Å². The molecule has 1 aromatic carbocycles. The number of hydrogen-bond donors (Lipinski definition) is 0. The molecule has 0 bridgehead atoms. The molecule has 0 saturated heterocycles. The van der Waals surface area contributed by atoms with Gasteiger partial charge in [-0.3, -0.25) is 0 Å². The first kappa shape index (κ1) is 16.3. The van der Waals surface area contributed by atoms with Gasteiger partial charge in [0.2, 0.25) is 0 Å². The van der Waals surface area contributed by atoms with E-state index in [1.807, 2.05) is 0 Å². The van der Waals surface area contributed by atoms with Crippen LogP contribution in [0.3, 0.4) is 0 Å². The topological polar surface area (TPSA) is 30.7 Å². The Morgan fingerprint density at radius 3 is 2.74 bits per heavy atom. The summed E-state index contributed by atoms with van der Waals surface area (Å²) in [5, 5.41) is 12.0. The van der Waals surface area contributed by atoms with Gasteiger partial charge in [-0.25, -0.2) is 0 Å². The SMILES string of the molecule is CCc1cc(-c2nnc(SCc3cccc(C)c3)n2CC)cs1. The van der Waals surface area contributed by atoms with Gasteiger partial charge in [-0.1, -0.05) is 48.5 Å². The van der Waals surface area contributed by atoms with Gasteiger partial charge in [0, 0.05) is 28.1 Å². The molecule has 0 N–H and O–H groups in total. The summed E-state index contributed by atoms with van der Waals surface area (Å²) in [6.45, 7) is 7.35. The van der Waals surface area contributed by atoms with Crippen molar-refractivity contribution in [1.82, 2.24) is 14.8 Å². The maximum atomic E-state index is 4.43. The zero-order valence-corrected chi connectivity index (χ0v) is 15.4. The second-order valence-electron chi connectivity index (χ2n) is 5.48. The van der Waals surface area contributed by atoms with Crippen molar-refractivity contribution in [3.05, 3.63) is 51.7 Å². The van der Waals surface area contributed by atoms with Crippen LogP contribution in [0.5, 0.6) is 0 Å². The number of aryl methyl sites for hydroxylation is 2. The summed E-state index contributed by atoms with van der Waals surface area (Å²) < 4.78 is 2.21. The quantitative estimate of drug-likeness (QED) is 0.577. The molecule has 0 fully saturated rings. The minimum atomic E-state index is 0.885. The monoisotopic (exact) mass is 343 g/mol. The lowest BCUT2D eigenvalue weighted by Crippen LogP contribution is -1.99. The first-order valence-electron chi connectivity index (χ1n) is 7.90. The first-order valence-corrected chi connectivity index (χ1v) is 9.77. The van der Waals surface area contributed by atoms with Gasteiger partial charge < -0.3 is 4.57 Å². The van der Waals surface area contributed by atoms with Crippen LogP contribution in [0.2, 0.25) is 0 Å². The standard InChI is InChI=1S/C18H21N3S2/c1-4-16-10-15(12-22-16)17-19-20-18(21(17)5-2)23-11-14-8-6-7-13(3)9-14/h6-10,12H,4-5,11H2,1-3H3. The molecule has 3 rings (SSSR count). The van der Waals surface area contributed by atoms with E-state index in [1.165, 1.54) is 21.6 Å². The van der Waals surface area contributed by atoms with E-state index >= 15 is 0 Å². The highest BCUT2D eigenvalue weighted by molar-refractivity contribution is 7.98. The summed E-state index contributed by atoms with van der Waals surface area (Å²) in [5.41, 5.74) is 3.81. The molecular formula is C18H21N3S2. The number of nitrogens with zero attached hydrogens (tertiary/aromatic N) is 3. The van der Waals surface area contributed by atoms with E-state index in [4.69, 9.17) is 0 Å². The van der Waals surface area contributed by atoms with Gasteiger partial charge in [-0.15, -0.1) is 21.5 Å². The molecule has 0 unspecified atom stereocenters. The molecule has 5 heteroatoms. The summed E-state index contributed by atoms with van der Waals surface area (Å²) in [5.74, 6) is 1.90. The van der Waals surface area contributed by atoms with Crippen LogP contribution in [-0.2, 0) is 18.7 Å². The second-order valence-corrected chi connectivity index (χ2v) is 7.42. The highest BCUT2D eigenvalue weighted by atomic mass is 32.2. The largest absolute Gasteiger partial charge is 0.302 e. The molecule has 0 radical (unpaired) electrons. The Balaban J connectivity index is 1.80. The highest BCUT2D eigenvalue weighted by Gasteiger charge is 2.14. The van der Waals surface area contributed by atoms with E-state index in [9.17, 15) is 0 Å². The van der Waals surface area contributed by atoms with E-state index in [-0.39, 0.29) is 0 Å². The lowest BCUT2D eigenvalue weighted by molar-refractivity contribution is 0.687. The Labute approximate surface area is 145 Å². The minimum absolute atomic E-state index is 0.885. The number of hydrogen-bond acceptors (Lipinski definition) is 4. The van der Waals surface area contributed by atoms with Crippen molar-refractivity contribution in [1.29, 1.82) is 0 Å². The summed E-state index contributed by atoms with van der Waals surface area (Å²) in [4.78, 5) is 1.39. The number of thiophene rings is 1. The molecule has 120 valence electrons. The number of rotatable bonds is 6. The van der Waals surface area contributed by atoms with Crippen LogP contribution in [0, 0.1) is 6.92 Å². The van der Waals surface area contributed by atoms with Crippen LogP contribution in [0.1, 0.15) is 29.9 Å². The molecule has 0 atom stereocenters. The van der Waals surface area contributed by atoms with Gasteiger partial charge in [0.1, 0.15) is 0 Å². The average Bonchev–Trinajstić information content (AvgIpc) is 3.18. The van der Waals surface area contributed by atoms with Crippen molar-refractivity contribution in [2.24, 2.45) is 0 Å². The molecule has 0 amide bonds. The Morgan fingerprint density at radius 1 is 1.17 bits per heavy atom. The van der Waals surface area contributed by atoms with E-state index in [0.29, 0.717) is 0 Å². The van der Waals surface area contributed by atoms with Crippen LogP contribution in [0.15, 0.2) is 40.9 Å². The highest BCUT2D eigenvalue weighted by Crippen LogP contribution is 2.29. The fraction of sp³-hybridized carbons (Fsp3) is 0.333. The molecule has 3 aromatic rings. The summed E-state index contributed by atoms with van der Waals surface area (Å²) in [7, 11) is 0. The Morgan fingerprint density at radius 2 is 2.04 bits per heavy atom. The molecule has 2 aromatic heterocycles. The Bertz CT molecular complexity index is 789. The number of thioether (sulfide) groups is 1. The third kappa shape index (κ3) is 3.67. The van der Waals surface area contributed by atoms with Crippen molar-refractivity contribution < 1.29 is 0 Å². The molecule has 0 aliphatic rings. The van der Waals surface area contributed by atoms with E-state index in [2.05, 4.69) is 71.2 Å². The summed E-state index contributed by atoms with van der Waals surface area (Å²) in [6, 6.07) is 10.9. The maximum absolute atomic E-state index is 4.43. The van der Waals surface area contributed by atoms with E-state index in [0.717, 1.165) is 29.7 Å². The van der Waals surface area contributed by atoms with Gasteiger partial charge in [0.05, 0.1) is 0 Å². The molecule has 23 heavy (non-hydrogen) atoms. The van der Waals surface area contributed by atoms with E-state index in [1.54, 1.807) is 23.1 Å². The zero-order valence-electron chi connectivity index (χ0n) is 13.7. The summed E-state index contributed by atoms with van der Waals surface area (Å²) in [6.07, 6.45) is 1.07. The van der Waals surface area contributed by atoms with Gasteiger partial charge in [0.15, 0.2) is 11.0 Å². The molecule has 0 aliphatic carbocycles. The normalized spacial score (nSPS) is 11.1. The van der Waals surface area contributed by atoms with Crippen LogP contribution in [0.4, 0.5) is 0 Å². The number of benzene rings is 1. The first-order chi connectivity index (χ1) is 11.2. The van der Waals surface area contributed by atoms with Crippen molar-refractivity contribution in [3.63, 3.8) is 0 Å². The Kier molecular flexibility index (Phi) is 5.18. The van der Waals surface area contributed by atoms with Crippen LogP contribution < -0.4 is 0 Å². The lowest BCUT2D eigenvalue weighted by Gasteiger charge is -2.06. The van der Waals surface area contributed by atoms with Gasteiger partial charge >= 0.3 is 0 Å². The van der Waals surface area contributed by atoms with Crippen molar-refractivity contribution in [3.8, 4) is 11.4 Å². The van der Waals surface area contributed by atoms with Crippen LogP contribution in [0.25, 0.3) is 11.4 Å². The third-order valence-electron chi connectivity index (χ3n) is 3.74. The minimum Gasteiger partial charge on any atom is -0.302 e. The third-order valence-corrected chi connectivity index (χ3v) is 5.86. The van der Waals surface area contributed by atoms with Crippen molar-refractivity contribution in [2.45, 2.75) is 44.6 Å². The molecule has 0 spiro atoms. The molecule has 3 nitrogen and oxygen atoms in total.